The summed E-state index contributed by atoms with van der Waals surface area (Å²) in [6.07, 6.45) is -2.76. The van der Waals surface area contributed by atoms with Gasteiger partial charge in [0.05, 0.1) is 12.2 Å². The lowest BCUT2D eigenvalue weighted by Gasteiger charge is -2.08. The summed E-state index contributed by atoms with van der Waals surface area (Å²) in [5, 5.41) is 0. The third kappa shape index (κ3) is 5.74. The Kier molecular flexibility index (Phi) is 5.82. The molecule has 0 spiro atoms. The summed E-state index contributed by atoms with van der Waals surface area (Å²) >= 11 is 0. The Balaban J connectivity index is 2.33. The molecule has 1 rings (SSSR count). The molecule has 0 fully saturated rings. The SMILES string of the molecule is CCCC(=O)NOCCc1ccc(C(F)(F)F)cc1. The summed E-state index contributed by atoms with van der Waals surface area (Å²) in [6, 6.07) is 4.87. The van der Waals surface area contributed by atoms with Crippen molar-refractivity contribution in [1.82, 2.24) is 5.48 Å². The largest absolute Gasteiger partial charge is 0.416 e. The first-order chi connectivity index (χ1) is 8.93. The summed E-state index contributed by atoms with van der Waals surface area (Å²) in [4.78, 5) is 16.0. The van der Waals surface area contributed by atoms with Crippen molar-refractivity contribution in [2.24, 2.45) is 0 Å². The number of halogens is 3. The number of alkyl halides is 3. The van der Waals surface area contributed by atoms with Gasteiger partial charge < -0.3 is 0 Å². The third-order valence-corrected chi connectivity index (χ3v) is 2.44. The molecule has 0 atom stereocenters. The van der Waals surface area contributed by atoms with Gasteiger partial charge in [-0.3, -0.25) is 9.63 Å². The number of carbonyl (C=O) groups is 1. The van der Waals surface area contributed by atoms with Crippen LogP contribution < -0.4 is 5.48 Å². The molecule has 0 aromatic heterocycles. The Morgan fingerprint density at radius 2 is 1.89 bits per heavy atom. The summed E-state index contributed by atoms with van der Waals surface area (Å²) in [6.45, 7) is 2.10. The highest BCUT2D eigenvalue weighted by molar-refractivity contribution is 5.74. The average molecular weight is 275 g/mol. The molecule has 0 aliphatic carbocycles. The molecule has 0 bridgehead atoms. The van der Waals surface area contributed by atoms with E-state index in [1.165, 1.54) is 12.1 Å². The van der Waals surface area contributed by atoms with Crippen LogP contribution in [0.15, 0.2) is 24.3 Å². The minimum atomic E-state index is -4.32. The van der Waals surface area contributed by atoms with Gasteiger partial charge in [0.2, 0.25) is 5.91 Å². The first kappa shape index (κ1) is 15.5. The highest BCUT2D eigenvalue weighted by Crippen LogP contribution is 2.29. The molecule has 0 radical (unpaired) electrons. The van der Waals surface area contributed by atoms with E-state index in [4.69, 9.17) is 4.84 Å². The second-order valence-electron chi connectivity index (χ2n) is 4.07. The number of nitrogens with one attached hydrogen (secondary N) is 1. The van der Waals surface area contributed by atoms with E-state index in [2.05, 4.69) is 5.48 Å². The van der Waals surface area contributed by atoms with Crippen molar-refractivity contribution in [2.45, 2.75) is 32.4 Å². The van der Waals surface area contributed by atoms with Crippen LogP contribution in [-0.4, -0.2) is 12.5 Å². The van der Waals surface area contributed by atoms with E-state index in [-0.39, 0.29) is 12.5 Å². The molecule has 1 N–H and O–H groups in total. The van der Waals surface area contributed by atoms with Crippen molar-refractivity contribution >= 4 is 5.91 Å². The minimum absolute atomic E-state index is 0.199. The van der Waals surface area contributed by atoms with E-state index in [0.29, 0.717) is 12.8 Å². The number of hydroxylamine groups is 1. The average Bonchev–Trinajstić information content (AvgIpc) is 2.34. The topological polar surface area (TPSA) is 38.3 Å². The molecular formula is C13H16F3NO2. The van der Waals surface area contributed by atoms with Gasteiger partial charge in [0.1, 0.15) is 0 Å². The molecule has 0 saturated carbocycles. The Labute approximate surface area is 109 Å². The summed E-state index contributed by atoms with van der Waals surface area (Å²) in [5.41, 5.74) is 2.32. The Hall–Kier alpha value is -1.56. The number of rotatable bonds is 6. The highest BCUT2D eigenvalue weighted by atomic mass is 19.4. The van der Waals surface area contributed by atoms with E-state index >= 15 is 0 Å². The number of amides is 1. The van der Waals surface area contributed by atoms with Gasteiger partial charge in [0.15, 0.2) is 0 Å². The third-order valence-electron chi connectivity index (χ3n) is 2.44. The van der Waals surface area contributed by atoms with E-state index in [9.17, 15) is 18.0 Å². The number of hydrogen-bond acceptors (Lipinski definition) is 2. The van der Waals surface area contributed by atoms with Gasteiger partial charge in [-0.25, -0.2) is 5.48 Å². The van der Waals surface area contributed by atoms with Crippen LogP contribution in [-0.2, 0) is 22.2 Å². The lowest BCUT2D eigenvalue weighted by Crippen LogP contribution is -2.24. The van der Waals surface area contributed by atoms with Gasteiger partial charge >= 0.3 is 6.18 Å². The van der Waals surface area contributed by atoms with Crippen LogP contribution in [0.3, 0.4) is 0 Å². The fraction of sp³-hybridized carbons (Fsp3) is 0.462. The standard InChI is InChI=1S/C13H16F3NO2/c1-2-3-12(18)17-19-9-8-10-4-6-11(7-5-10)13(14,15)16/h4-7H,2-3,8-9H2,1H3,(H,17,18). The Morgan fingerprint density at radius 1 is 1.26 bits per heavy atom. The second-order valence-corrected chi connectivity index (χ2v) is 4.07. The van der Waals surface area contributed by atoms with E-state index < -0.39 is 11.7 Å². The van der Waals surface area contributed by atoms with Crippen LogP contribution in [0.25, 0.3) is 0 Å². The van der Waals surface area contributed by atoms with Crippen LogP contribution in [0.1, 0.15) is 30.9 Å². The van der Waals surface area contributed by atoms with Crippen LogP contribution in [0.5, 0.6) is 0 Å². The molecule has 3 nitrogen and oxygen atoms in total. The van der Waals surface area contributed by atoms with Gasteiger partial charge in [-0.1, -0.05) is 19.1 Å². The normalized spacial score (nSPS) is 11.4. The van der Waals surface area contributed by atoms with Gasteiger partial charge in [-0.2, -0.15) is 13.2 Å². The summed E-state index contributed by atoms with van der Waals surface area (Å²) in [5.74, 6) is -0.199. The Morgan fingerprint density at radius 3 is 2.42 bits per heavy atom. The molecule has 0 aliphatic heterocycles. The molecule has 0 aliphatic rings. The van der Waals surface area contributed by atoms with Crippen LogP contribution in [0.2, 0.25) is 0 Å². The first-order valence-corrected chi connectivity index (χ1v) is 6.00. The molecule has 6 heteroatoms. The van der Waals surface area contributed by atoms with Crippen LogP contribution >= 0.6 is 0 Å². The van der Waals surface area contributed by atoms with E-state index in [0.717, 1.165) is 24.1 Å². The molecule has 106 valence electrons. The monoisotopic (exact) mass is 275 g/mol. The number of hydrogen-bond donors (Lipinski definition) is 1. The molecule has 0 unspecified atom stereocenters. The number of benzene rings is 1. The van der Waals surface area contributed by atoms with Crippen molar-refractivity contribution in [3.05, 3.63) is 35.4 Å². The Bertz CT molecular complexity index is 401. The maximum Gasteiger partial charge on any atom is 0.416 e. The maximum absolute atomic E-state index is 12.3. The van der Waals surface area contributed by atoms with Crippen LogP contribution in [0.4, 0.5) is 13.2 Å². The highest BCUT2D eigenvalue weighted by Gasteiger charge is 2.29. The lowest BCUT2D eigenvalue weighted by molar-refractivity contribution is -0.137. The van der Waals surface area contributed by atoms with Crippen molar-refractivity contribution in [2.75, 3.05) is 6.61 Å². The lowest BCUT2D eigenvalue weighted by atomic mass is 10.1. The van der Waals surface area contributed by atoms with Gasteiger partial charge in [-0.05, 0) is 30.5 Å². The van der Waals surface area contributed by atoms with Crippen molar-refractivity contribution in [1.29, 1.82) is 0 Å². The first-order valence-electron chi connectivity index (χ1n) is 6.00. The fourth-order valence-corrected chi connectivity index (χ4v) is 1.44. The smallest absolute Gasteiger partial charge is 0.273 e. The molecular weight excluding hydrogens is 259 g/mol. The predicted molar refractivity (Wildman–Crippen MR) is 64.2 cm³/mol. The van der Waals surface area contributed by atoms with Crippen molar-refractivity contribution in [3.8, 4) is 0 Å². The number of carbonyl (C=O) groups excluding carboxylic acids is 1. The van der Waals surface area contributed by atoms with E-state index in [1.807, 2.05) is 6.92 Å². The van der Waals surface area contributed by atoms with E-state index in [1.54, 1.807) is 0 Å². The van der Waals surface area contributed by atoms with Crippen molar-refractivity contribution in [3.63, 3.8) is 0 Å². The van der Waals surface area contributed by atoms with Gasteiger partial charge in [0, 0.05) is 6.42 Å². The fourth-order valence-electron chi connectivity index (χ4n) is 1.44. The molecule has 19 heavy (non-hydrogen) atoms. The molecule has 1 aromatic rings. The van der Waals surface area contributed by atoms with Crippen molar-refractivity contribution < 1.29 is 22.8 Å². The molecule has 1 amide bonds. The quantitative estimate of drug-likeness (QED) is 0.640. The minimum Gasteiger partial charge on any atom is -0.273 e. The van der Waals surface area contributed by atoms with Gasteiger partial charge in [0.25, 0.3) is 0 Å². The molecule has 0 saturated heterocycles. The predicted octanol–water partition coefficient (Wildman–Crippen LogP) is 3.10. The zero-order valence-electron chi connectivity index (χ0n) is 10.6. The summed E-state index contributed by atoms with van der Waals surface area (Å²) in [7, 11) is 0. The maximum atomic E-state index is 12.3. The zero-order chi connectivity index (χ0) is 14.3. The summed E-state index contributed by atoms with van der Waals surface area (Å²) < 4.78 is 36.9. The molecule has 1 aromatic carbocycles. The van der Waals surface area contributed by atoms with Gasteiger partial charge in [-0.15, -0.1) is 0 Å². The zero-order valence-corrected chi connectivity index (χ0v) is 10.6. The molecule has 0 heterocycles. The second kappa shape index (κ2) is 7.13. The van der Waals surface area contributed by atoms with Crippen LogP contribution in [0, 0.1) is 0 Å².